The van der Waals surface area contributed by atoms with Crippen LogP contribution in [0.25, 0.3) is 0 Å². The van der Waals surface area contributed by atoms with Gasteiger partial charge in [0, 0.05) is 36.1 Å². The number of rotatable bonds is 13. The summed E-state index contributed by atoms with van der Waals surface area (Å²) in [6.45, 7) is 4.27. The quantitative estimate of drug-likeness (QED) is 0.224. The van der Waals surface area contributed by atoms with Gasteiger partial charge in [-0.1, -0.05) is 60.7 Å². The normalized spacial score (nSPS) is 10.9. The van der Waals surface area contributed by atoms with Crippen molar-refractivity contribution >= 4 is 0 Å². The standard InChI is InChI=1S/C30H34N2O2/c1-3-9-27(10-4-1)23-29-13-7-15-31(25-29)17-19-33-21-22-34-20-18-32-16-8-14-30(26-32)24-28-11-5-2-6-12-28/h1-16,25-26H,17-24H2/q+2. The van der Waals surface area contributed by atoms with E-state index in [1.165, 1.54) is 22.3 Å². The molecule has 0 saturated heterocycles. The van der Waals surface area contributed by atoms with Crippen molar-refractivity contribution in [2.45, 2.75) is 25.9 Å². The van der Waals surface area contributed by atoms with Crippen molar-refractivity contribution in [1.29, 1.82) is 0 Å². The van der Waals surface area contributed by atoms with Gasteiger partial charge in [0.25, 0.3) is 0 Å². The van der Waals surface area contributed by atoms with Crippen LogP contribution in [0.4, 0.5) is 0 Å². The zero-order valence-electron chi connectivity index (χ0n) is 19.8. The van der Waals surface area contributed by atoms with E-state index < -0.39 is 0 Å². The predicted octanol–water partition coefficient (Wildman–Crippen LogP) is 4.18. The predicted molar refractivity (Wildman–Crippen MR) is 133 cm³/mol. The highest BCUT2D eigenvalue weighted by atomic mass is 16.5. The lowest BCUT2D eigenvalue weighted by atomic mass is 10.1. The fourth-order valence-corrected chi connectivity index (χ4v) is 3.96. The average molecular weight is 455 g/mol. The van der Waals surface area contributed by atoms with Crippen LogP contribution in [0.3, 0.4) is 0 Å². The van der Waals surface area contributed by atoms with E-state index in [-0.39, 0.29) is 0 Å². The van der Waals surface area contributed by atoms with E-state index >= 15 is 0 Å². The molecule has 0 spiro atoms. The Bertz CT molecular complexity index is 1030. The first-order chi connectivity index (χ1) is 16.8. The molecule has 4 nitrogen and oxygen atoms in total. The monoisotopic (exact) mass is 454 g/mol. The van der Waals surface area contributed by atoms with Gasteiger partial charge in [0.15, 0.2) is 37.9 Å². The second-order valence-electron chi connectivity index (χ2n) is 8.45. The van der Waals surface area contributed by atoms with Gasteiger partial charge in [-0.25, -0.2) is 9.13 Å². The van der Waals surface area contributed by atoms with E-state index in [1.807, 2.05) is 0 Å². The fourth-order valence-electron chi connectivity index (χ4n) is 3.96. The van der Waals surface area contributed by atoms with E-state index in [0.717, 1.165) is 25.9 Å². The topological polar surface area (TPSA) is 26.2 Å². The van der Waals surface area contributed by atoms with Gasteiger partial charge in [0.05, 0.1) is 13.2 Å². The SMILES string of the molecule is c1ccc(Cc2ccc[n+](CCOCCOCC[n+]3cccc(Cc4ccccc4)c3)c2)cc1. The number of ether oxygens (including phenoxy) is 2. The van der Waals surface area contributed by atoms with Gasteiger partial charge in [-0.15, -0.1) is 0 Å². The highest BCUT2D eigenvalue weighted by Gasteiger charge is 2.06. The maximum Gasteiger partial charge on any atom is 0.172 e. The van der Waals surface area contributed by atoms with Crippen molar-refractivity contribution in [3.8, 4) is 0 Å². The molecule has 0 unspecified atom stereocenters. The number of hydrogen-bond acceptors (Lipinski definition) is 2. The van der Waals surface area contributed by atoms with Crippen LogP contribution in [0.1, 0.15) is 22.3 Å². The first kappa shape index (κ1) is 23.8. The molecule has 0 aliphatic rings. The van der Waals surface area contributed by atoms with E-state index in [4.69, 9.17) is 9.47 Å². The summed E-state index contributed by atoms with van der Waals surface area (Å²) in [4.78, 5) is 0. The number of nitrogens with zero attached hydrogens (tertiary/aromatic N) is 2. The molecule has 2 aromatic heterocycles. The van der Waals surface area contributed by atoms with Crippen LogP contribution >= 0.6 is 0 Å². The second kappa shape index (κ2) is 13.4. The third-order valence-electron chi connectivity index (χ3n) is 5.70. The molecule has 0 bridgehead atoms. The van der Waals surface area contributed by atoms with Crippen LogP contribution in [0, 0.1) is 0 Å². The molecule has 174 valence electrons. The van der Waals surface area contributed by atoms with E-state index in [1.54, 1.807) is 0 Å². The molecular formula is C30H34N2O2+2. The summed E-state index contributed by atoms with van der Waals surface area (Å²) in [7, 11) is 0. The average Bonchev–Trinajstić information content (AvgIpc) is 2.87. The molecule has 2 heterocycles. The number of pyridine rings is 2. The Balaban J connectivity index is 1.09. The van der Waals surface area contributed by atoms with Crippen molar-refractivity contribution in [1.82, 2.24) is 0 Å². The highest BCUT2D eigenvalue weighted by Crippen LogP contribution is 2.07. The molecule has 0 fully saturated rings. The van der Waals surface area contributed by atoms with Crippen LogP contribution in [-0.4, -0.2) is 26.4 Å². The minimum atomic E-state index is 0.614. The smallest absolute Gasteiger partial charge is 0.172 e. The largest absolute Gasteiger partial charge is 0.372 e. The third-order valence-corrected chi connectivity index (χ3v) is 5.70. The lowest BCUT2D eigenvalue weighted by Gasteiger charge is -2.05. The number of benzene rings is 2. The van der Waals surface area contributed by atoms with Crippen molar-refractivity contribution in [3.05, 3.63) is 132 Å². The molecular weight excluding hydrogens is 420 g/mol. The van der Waals surface area contributed by atoms with Crippen LogP contribution in [-0.2, 0) is 35.4 Å². The van der Waals surface area contributed by atoms with Gasteiger partial charge in [-0.3, -0.25) is 0 Å². The first-order valence-electron chi connectivity index (χ1n) is 12.0. The summed E-state index contributed by atoms with van der Waals surface area (Å²) >= 11 is 0. The number of aromatic nitrogens is 2. The maximum absolute atomic E-state index is 5.78. The molecule has 0 atom stereocenters. The van der Waals surface area contributed by atoms with E-state index in [2.05, 4.69) is 119 Å². The van der Waals surface area contributed by atoms with E-state index in [9.17, 15) is 0 Å². The fraction of sp³-hybridized carbons (Fsp3) is 0.267. The molecule has 0 radical (unpaired) electrons. The molecule has 0 N–H and O–H groups in total. The molecule has 0 amide bonds. The van der Waals surface area contributed by atoms with Gasteiger partial charge in [0.2, 0.25) is 0 Å². The van der Waals surface area contributed by atoms with Crippen LogP contribution in [0.5, 0.6) is 0 Å². The Hall–Kier alpha value is -3.34. The number of hydrogen-bond donors (Lipinski definition) is 0. The zero-order valence-corrected chi connectivity index (χ0v) is 19.8. The van der Waals surface area contributed by atoms with Gasteiger partial charge in [-0.2, -0.15) is 0 Å². The molecule has 4 aromatic rings. The van der Waals surface area contributed by atoms with Crippen LogP contribution in [0.15, 0.2) is 110 Å². The van der Waals surface area contributed by atoms with Crippen LogP contribution < -0.4 is 9.13 Å². The maximum atomic E-state index is 5.78. The van der Waals surface area contributed by atoms with Crippen molar-refractivity contribution in [2.24, 2.45) is 0 Å². The van der Waals surface area contributed by atoms with Crippen LogP contribution in [0.2, 0.25) is 0 Å². The molecule has 2 aromatic carbocycles. The Morgan fingerprint density at radius 1 is 0.441 bits per heavy atom. The molecule has 0 aliphatic heterocycles. The van der Waals surface area contributed by atoms with E-state index in [0.29, 0.717) is 26.4 Å². The minimum absolute atomic E-state index is 0.614. The molecule has 4 heteroatoms. The minimum Gasteiger partial charge on any atom is -0.372 e. The Morgan fingerprint density at radius 3 is 1.29 bits per heavy atom. The Morgan fingerprint density at radius 2 is 0.853 bits per heavy atom. The van der Waals surface area contributed by atoms with Gasteiger partial charge in [0.1, 0.15) is 13.2 Å². The summed E-state index contributed by atoms with van der Waals surface area (Å²) < 4.78 is 15.9. The van der Waals surface area contributed by atoms with Gasteiger partial charge < -0.3 is 9.47 Å². The van der Waals surface area contributed by atoms with Crippen molar-refractivity contribution in [3.63, 3.8) is 0 Å². The first-order valence-corrected chi connectivity index (χ1v) is 12.0. The third kappa shape index (κ3) is 8.22. The summed E-state index contributed by atoms with van der Waals surface area (Å²) in [5.41, 5.74) is 5.27. The highest BCUT2D eigenvalue weighted by molar-refractivity contribution is 5.23. The lowest BCUT2D eigenvalue weighted by molar-refractivity contribution is -0.699. The summed E-state index contributed by atoms with van der Waals surface area (Å²) in [5.74, 6) is 0. The summed E-state index contributed by atoms with van der Waals surface area (Å²) in [6, 6.07) is 29.7. The molecule has 0 aliphatic carbocycles. The molecule has 4 rings (SSSR count). The molecule has 0 saturated carbocycles. The zero-order chi connectivity index (χ0) is 23.3. The molecule has 34 heavy (non-hydrogen) atoms. The lowest BCUT2D eigenvalue weighted by Crippen LogP contribution is -2.36. The Labute approximate surface area is 203 Å². The van der Waals surface area contributed by atoms with Crippen molar-refractivity contribution < 1.29 is 18.6 Å². The van der Waals surface area contributed by atoms with Gasteiger partial charge >= 0.3 is 0 Å². The summed E-state index contributed by atoms with van der Waals surface area (Å²) in [6.07, 6.45) is 10.5. The van der Waals surface area contributed by atoms with Gasteiger partial charge in [-0.05, 0) is 23.3 Å². The second-order valence-corrected chi connectivity index (χ2v) is 8.45. The Kier molecular flexibility index (Phi) is 9.37. The van der Waals surface area contributed by atoms with Crippen molar-refractivity contribution in [2.75, 3.05) is 26.4 Å². The summed E-state index contributed by atoms with van der Waals surface area (Å²) in [5, 5.41) is 0.